The molecular weight excluding hydrogens is 277 g/mol. The summed E-state index contributed by atoms with van der Waals surface area (Å²) in [6, 6.07) is 6.12. The van der Waals surface area contributed by atoms with Gasteiger partial charge in [0.25, 0.3) is 0 Å². The average molecular weight is 293 g/mol. The van der Waals surface area contributed by atoms with E-state index in [1.165, 1.54) is 23.9 Å². The maximum Gasteiger partial charge on any atom is 0.225 e. The summed E-state index contributed by atoms with van der Waals surface area (Å²) in [5, 5.41) is 3.75. The molecule has 4 nitrogen and oxygen atoms in total. The van der Waals surface area contributed by atoms with Crippen LogP contribution in [0.4, 0.5) is 10.2 Å². The first-order valence-corrected chi connectivity index (χ1v) is 7.45. The summed E-state index contributed by atoms with van der Waals surface area (Å²) in [5.74, 6) is 1.45. The van der Waals surface area contributed by atoms with E-state index in [4.69, 9.17) is 4.74 Å². The highest BCUT2D eigenvalue weighted by atomic mass is 32.2. The molecule has 0 saturated heterocycles. The first kappa shape index (κ1) is 14.6. The van der Waals surface area contributed by atoms with Crippen molar-refractivity contribution in [2.24, 2.45) is 0 Å². The molecule has 0 unspecified atom stereocenters. The minimum absolute atomic E-state index is 0.282. The van der Waals surface area contributed by atoms with Crippen LogP contribution in [0.15, 0.2) is 29.4 Å². The molecule has 6 heteroatoms. The lowest BCUT2D eigenvalue weighted by Crippen LogP contribution is -2.02. The summed E-state index contributed by atoms with van der Waals surface area (Å²) in [4.78, 5) is 8.61. The third kappa shape index (κ3) is 3.60. The summed E-state index contributed by atoms with van der Waals surface area (Å²) in [5.41, 5.74) is 0.722. The van der Waals surface area contributed by atoms with Crippen molar-refractivity contribution in [3.8, 4) is 11.6 Å². The predicted octanol–water partition coefficient (Wildman–Crippen LogP) is 3.87. The lowest BCUT2D eigenvalue weighted by atomic mass is 10.2. The normalized spacial score (nSPS) is 10.4. The molecule has 0 aliphatic rings. The molecule has 1 heterocycles. The van der Waals surface area contributed by atoms with E-state index in [1.54, 1.807) is 19.1 Å². The van der Waals surface area contributed by atoms with Crippen LogP contribution in [0.5, 0.6) is 11.6 Å². The summed E-state index contributed by atoms with van der Waals surface area (Å²) in [7, 11) is 0. The SMILES string of the molecule is CCNc1cc(Oc2ccc(F)cc2C)nc(SC)n1. The van der Waals surface area contributed by atoms with Crippen molar-refractivity contribution in [3.05, 3.63) is 35.6 Å². The average Bonchev–Trinajstić information content (AvgIpc) is 2.42. The van der Waals surface area contributed by atoms with Gasteiger partial charge in [-0.25, -0.2) is 9.37 Å². The molecule has 0 atom stereocenters. The Hall–Kier alpha value is -1.82. The van der Waals surface area contributed by atoms with Crippen molar-refractivity contribution < 1.29 is 9.13 Å². The highest BCUT2D eigenvalue weighted by Gasteiger charge is 2.08. The Balaban J connectivity index is 2.29. The maximum atomic E-state index is 13.1. The van der Waals surface area contributed by atoms with Gasteiger partial charge in [-0.05, 0) is 43.9 Å². The zero-order chi connectivity index (χ0) is 14.5. The Morgan fingerprint density at radius 1 is 1.30 bits per heavy atom. The molecule has 0 spiro atoms. The molecule has 1 aromatic carbocycles. The lowest BCUT2D eigenvalue weighted by Gasteiger charge is -2.10. The zero-order valence-electron chi connectivity index (χ0n) is 11.6. The van der Waals surface area contributed by atoms with E-state index in [2.05, 4.69) is 15.3 Å². The number of hydrogen-bond acceptors (Lipinski definition) is 5. The summed E-state index contributed by atoms with van der Waals surface area (Å²) >= 11 is 1.44. The Labute approximate surface area is 121 Å². The van der Waals surface area contributed by atoms with Crippen LogP contribution >= 0.6 is 11.8 Å². The number of rotatable bonds is 5. The van der Waals surface area contributed by atoms with Crippen LogP contribution in [-0.4, -0.2) is 22.8 Å². The predicted molar refractivity (Wildman–Crippen MR) is 79.2 cm³/mol. The van der Waals surface area contributed by atoms with Crippen molar-refractivity contribution in [3.63, 3.8) is 0 Å². The summed E-state index contributed by atoms with van der Waals surface area (Å²) in [6.45, 7) is 4.55. The maximum absolute atomic E-state index is 13.1. The van der Waals surface area contributed by atoms with Gasteiger partial charge < -0.3 is 10.1 Å². The van der Waals surface area contributed by atoms with E-state index in [-0.39, 0.29) is 5.82 Å². The Morgan fingerprint density at radius 2 is 2.10 bits per heavy atom. The number of anilines is 1. The molecule has 0 fully saturated rings. The topological polar surface area (TPSA) is 47.0 Å². The second-order valence-electron chi connectivity index (χ2n) is 4.12. The molecule has 0 amide bonds. The van der Waals surface area contributed by atoms with Gasteiger partial charge in [0.2, 0.25) is 5.88 Å². The first-order valence-electron chi connectivity index (χ1n) is 6.23. The first-order chi connectivity index (χ1) is 9.62. The van der Waals surface area contributed by atoms with Crippen LogP contribution in [0.2, 0.25) is 0 Å². The van der Waals surface area contributed by atoms with Crippen LogP contribution in [0, 0.1) is 12.7 Å². The molecule has 1 aromatic heterocycles. The number of aromatic nitrogens is 2. The quantitative estimate of drug-likeness (QED) is 0.670. The van der Waals surface area contributed by atoms with Crippen LogP contribution in [0.1, 0.15) is 12.5 Å². The molecule has 2 rings (SSSR count). The van der Waals surface area contributed by atoms with Gasteiger partial charge in [0.05, 0.1) is 0 Å². The van der Waals surface area contributed by atoms with Crippen molar-refractivity contribution in [2.45, 2.75) is 19.0 Å². The van der Waals surface area contributed by atoms with Gasteiger partial charge in [0.1, 0.15) is 17.4 Å². The van der Waals surface area contributed by atoms with Gasteiger partial charge in [-0.15, -0.1) is 0 Å². The molecular formula is C14H16FN3OS. The Kier molecular flexibility index (Phi) is 4.79. The Morgan fingerprint density at radius 3 is 2.75 bits per heavy atom. The van der Waals surface area contributed by atoms with Crippen LogP contribution in [0.3, 0.4) is 0 Å². The zero-order valence-corrected chi connectivity index (χ0v) is 12.4. The van der Waals surface area contributed by atoms with Crippen molar-refractivity contribution in [2.75, 3.05) is 18.1 Å². The molecule has 0 aliphatic heterocycles. The number of halogens is 1. The van der Waals surface area contributed by atoms with E-state index >= 15 is 0 Å². The van der Waals surface area contributed by atoms with Crippen molar-refractivity contribution in [1.29, 1.82) is 0 Å². The lowest BCUT2D eigenvalue weighted by molar-refractivity contribution is 0.451. The fourth-order valence-corrected chi connectivity index (χ4v) is 2.03. The summed E-state index contributed by atoms with van der Waals surface area (Å²) in [6.07, 6.45) is 1.90. The molecule has 2 aromatic rings. The Bertz CT molecular complexity index is 607. The molecule has 0 radical (unpaired) electrons. The molecule has 106 valence electrons. The van der Waals surface area contributed by atoms with E-state index in [1.807, 2.05) is 13.2 Å². The molecule has 0 bridgehead atoms. The number of nitrogens with one attached hydrogen (secondary N) is 1. The highest BCUT2D eigenvalue weighted by Crippen LogP contribution is 2.27. The third-order valence-corrected chi connectivity index (χ3v) is 3.12. The number of ether oxygens (including phenoxy) is 1. The third-order valence-electron chi connectivity index (χ3n) is 2.57. The van der Waals surface area contributed by atoms with E-state index in [9.17, 15) is 4.39 Å². The molecule has 1 N–H and O–H groups in total. The van der Waals surface area contributed by atoms with Crippen LogP contribution in [0.25, 0.3) is 0 Å². The van der Waals surface area contributed by atoms with Gasteiger partial charge in [-0.2, -0.15) is 4.98 Å². The van der Waals surface area contributed by atoms with E-state index in [0.29, 0.717) is 22.6 Å². The molecule has 0 saturated carbocycles. The highest BCUT2D eigenvalue weighted by molar-refractivity contribution is 7.98. The molecule has 20 heavy (non-hydrogen) atoms. The van der Waals surface area contributed by atoms with Gasteiger partial charge in [0, 0.05) is 12.6 Å². The molecule has 0 aliphatic carbocycles. The van der Waals surface area contributed by atoms with E-state index in [0.717, 1.165) is 12.1 Å². The second kappa shape index (κ2) is 6.56. The van der Waals surface area contributed by atoms with Crippen LogP contribution < -0.4 is 10.1 Å². The van der Waals surface area contributed by atoms with Crippen molar-refractivity contribution >= 4 is 17.6 Å². The van der Waals surface area contributed by atoms with Gasteiger partial charge in [-0.3, -0.25) is 0 Å². The van der Waals surface area contributed by atoms with Gasteiger partial charge in [-0.1, -0.05) is 11.8 Å². The monoisotopic (exact) mass is 293 g/mol. The smallest absolute Gasteiger partial charge is 0.225 e. The van der Waals surface area contributed by atoms with Crippen molar-refractivity contribution in [1.82, 2.24) is 9.97 Å². The number of benzene rings is 1. The fraction of sp³-hybridized carbons (Fsp3) is 0.286. The number of aryl methyl sites for hydroxylation is 1. The van der Waals surface area contributed by atoms with E-state index < -0.39 is 0 Å². The van der Waals surface area contributed by atoms with Crippen LogP contribution in [-0.2, 0) is 0 Å². The minimum Gasteiger partial charge on any atom is -0.439 e. The standard InChI is InChI=1S/C14H16FN3OS/c1-4-16-12-8-13(18-14(17-12)20-3)19-11-6-5-10(15)7-9(11)2/h5-8H,4H2,1-3H3,(H,16,17,18). The van der Waals surface area contributed by atoms with Gasteiger partial charge in [0.15, 0.2) is 5.16 Å². The minimum atomic E-state index is -0.282. The number of thioether (sulfide) groups is 1. The number of hydrogen-bond donors (Lipinski definition) is 1. The largest absolute Gasteiger partial charge is 0.439 e. The van der Waals surface area contributed by atoms with Gasteiger partial charge >= 0.3 is 0 Å². The number of nitrogens with zero attached hydrogens (tertiary/aromatic N) is 2. The summed E-state index contributed by atoms with van der Waals surface area (Å²) < 4.78 is 18.8. The second-order valence-corrected chi connectivity index (χ2v) is 4.89. The fourth-order valence-electron chi connectivity index (χ4n) is 1.66.